The SMILES string of the molecule is CC(c1ccc(N(C)C)cc1)N1CCC(CCC(=O)O)C1. The highest BCUT2D eigenvalue weighted by Gasteiger charge is 2.26. The van der Waals surface area contributed by atoms with Gasteiger partial charge in [-0.3, -0.25) is 9.69 Å². The van der Waals surface area contributed by atoms with Gasteiger partial charge in [-0.15, -0.1) is 0 Å². The molecule has 21 heavy (non-hydrogen) atoms. The van der Waals surface area contributed by atoms with Crippen LogP contribution in [-0.4, -0.2) is 43.2 Å². The van der Waals surface area contributed by atoms with Crippen molar-refractivity contribution >= 4 is 11.7 Å². The summed E-state index contributed by atoms with van der Waals surface area (Å²) >= 11 is 0. The third kappa shape index (κ3) is 4.21. The summed E-state index contributed by atoms with van der Waals surface area (Å²) in [5.41, 5.74) is 2.55. The summed E-state index contributed by atoms with van der Waals surface area (Å²) in [6.07, 6.45) is 2.22. The van der Waals surface area contributed by atoms with Crippen molar-refractivity contribution in [2.75, 3.05) is 32.1 Å². The Kier molecular flexibility index (Phi) is 5.23. The van der Waals surface area contributed by atoms with Crippen molar-refractivity contribution < 1.29 is 9.90 Å². The standard InChI is InChI=1S/C17H26N2O2/c1-13(15-5-7-16(8-6-15)18(2)3)19-11-10-14(12-19)4-9-17(20)21/h5-8,13-14H,4,9-12H2,1-3H3,(H,20,21). The normalized spacial score (nSPS) is 20.4. The van der Waals surface area contributed by atoms with E-state index in [9.17, 15) is 4.79 Å². The molecule has 1 aliphatic heterocycles. The number of carboxylic acids is 1. The van der Waals surface area contributed by atoms with Crippen molar-refractivity contribution in [1.29, 1.82) is 0 Å². The lowest BCUT2D eigenvalue weighted by Crippen LogP contribution is -2.24. The van der Waals surface area contributed by atoms with Crippen LogP contribution in [0, 0.1) is 5.92 Å². The number of hydrogen-bond acceptors (Lipinski definition) is 3. The van der Waals surface area contributed by atoms with Gasteiger partial charge in [0, 0.05) is 38.8 Å². The van der Waals surface area contributed by atoms with Gasteiger partial charge in [-0.25, -0.2) is 0 Å². The summed E-state index contributed by atoms with van der Waals surface area (Å²) in [6, 6.07) is 9.11. The fraction of sp³-hybridized carbons (Fsp3) is 0.588. The van der Waals surface area contributed by atoms with Gasteiger partial charge in [-0.05, 0) is 49.9 Å². The Hall–Kier alpha value is -1.55. The van der Waals surface area contributed by atoms with Gasteiger partial charge in [0.25, 0.3) is 0 Å². The molecule has 0 radical (unpaired) electrons. The molecular weight excluding hydrogens is 264 g/mol. The molecule has 116 valence electrons. The first-order valence-corrected chi connectivity index (χ1v) is 7.70. The summed E-state index contributed by atoms with van der Waals surface area (Å²) in [7, 11) is 4.10. The van der Waals surface area contributed by atoms with Crippen LogP contribution in [-0.2, 0) is 4.79 Å². The Labute approximate surface area is 127 Å². The second-order valence-electron chi connectivity index (χ2n) is 6.24. The first-order chi connectivity index (χ1) is 9.97. The van der Waals surface area contributed by atoms with E-state index in [1.54, 1.807) is 0 Å². The van der Waals surface area contributed by atoms with Gasteiger partial charge in [0.1, 0.15) is 0 Å². The Balaban J connectivity index is 1.91. The molecule has 4 nitrogen and oxygen atoms in total. The maximum atomic E-state index is 10.7. The van der Waals surface area contributed by atoms with Gasteiger partial charge in [0.15, 0.2) is 0 Å². The second kappa shape index (κ2) is 6.94. The van der Waals surface area contributed by atoms with Crippen molar-refractivity contribution in [3.8, 4) is 0 Å². The first-order valence-electron chi connectivity index (χ1n) is 7.70. The van der Waals surface area contributed by atoms with Crippen LogP contribution in [0.15, 0.2) is 24.3 Å². The van der Waals surface area contributed by atoms with E-state index in [1.165, 1.54) is 11.3 Å². The third-order valence-corrected chi connectivity index (χ3v) is 4.52. The molecule has 1 aromatic carbocycles. The molecule has 1 fully saturated rings. The molecule has 0 saturated carbocycles. The summed E-state index contributed by atoms with van der Waals surface area (Å²) in [5, 5.41) is 8.78. The fourth-order valence-electron chi connectivity index (χ4n) is 3.04. The largest absolute Gasteiger partial charge is 0.481 e. The Morgan fingerprint density at radius 1 is 1.38 bits per heavy atom. The van der Waals surface area contributed by atoms with Crippen LogP contribution in [0.5, 0.6) is 0 Å². The molecule has 1 aliphatic rings. The number of nitrogens with zero attached hydrogens (tertiary/aromatic N) is 2. The summed E-state index contributed by atoms with van der Waals surface area (Å²) < 4.78 is 0. The number of anilines is 1. The molecule has 2 rings (SSSR count). The van der Waals surface area contributed by atoms with Gasteiger partial charge < -0.3 is 10.0 Å². The third-order valence-electron chi connectivity index (χ3n) is 4.52. The fourth-order valence-corrected chi connectivity index (χ4v) is 3.04. The van der Waals surface area contributed by atoms with Gasteiger partial charge in [-0.2, -0.15) is 0 Å². The molecule has 0 amide bonds. The lowest BCUT2D eigenvalue weighted by molar-refractivity contribution is -0.137. The predicted octanol–water partition coefficient (Wildman–Crippen LogP) is 3.00. The highest BCUT2D eigenvalue weighted by atomic mass is 16.4. The maximum Gasteiger partial charge on any atom is 0.303 e. The lowest BCUT2D eigenvalue weighted by Gasteiger charge is -2.25. The van der Waals surface area contributed by atoms with E-state index in [1.807, 2.05) is 14.1 Å². The van der Waals surface area contributed by atoms with E-state index in [0.29, 0.717) is 18.4 Å². The molecule has 1 aromatic rings. The number of benzene rings is 1. The van der Waals surface area contributed by atoms with Crippen LogP contribution in [0.3, 0.4) is 0 Å². The van der Waals surface area contributed by atoms with E-state index in [-0.39, 0.29) is 0 Å². The first kappa shape index (κ1) is 15.8. The Bertz CT molecular complexity index is 470. The minimum atomic E-state index is -0.680. The zero-order valence-electron chi connectivity index (χ0n) is 13.2. The number of likely N-dealkylation sites (tertiary alicyclic amines) is 1. The Morgan fingerprint density at radius 2 is 2.05 bits per heavy atom. The molecule has 0 aromatic heterocycles. The van der Waals surface area contributed by atoms with Crippen molar-refractivity contribution in [2.45, 2.75) is 32.2 Å². The smallest absolute Gasteiger partial charge is 0.303 e. The van der Waals surface area contributed by atoms with Crippen molar-refractivity contribution in [1.82, 2.24) is 4.90 Å². The van der Waals surface area contributed by atoms with Gasteiger partial charge >= 0.3 is 5.97 Å². The predicted molar refractivity (Wildman–Crippen MR) is 85.7 cm³/mol. The van der Waals surface area contributed by atoms with E-state index in [4.69, 9.17) is 5.11 Å². The minimum absolute atomic E-state index is 0.296. The topological polar surface area (TPSA) is 43.8 Å². The van der Waals surface area contributed by atoms with Gasteiger partial charge in [-0.1, -0.05) is 12.1 Å². The van der Waals surface area contributed by atoms with Gasteiger partial charge in [0.2, 0.25) is 0 Å². The molecule has 1 N–H and O–H groups in total. The summed E-state index contributed by atoms with van der Waals surface area (Å²) in [5.74, 6) is -0.148. The van der Waals surface area contributed by atoms with Crippen molar-refractivity contribution in [2.24, 2.45) is 5.92 Å². The molecule has 2 unspecified atom stereocenters. The van der Waals surface area contributed by atoms with E-state index in [0.717, 1.165) is 25.9 Å². The molecule has 1 heterocycles. The van der Waals surface area contributed by atoms with E-state index < -0.39 is 5.97 Å². The lowest BCUT2D eigenvalue weighted by atomic mass is 10.0. The highest BCUT2D eigenvalue weighted by molar-refractivity contribution is 5.66. The number of carbonyl (C=O) groups is 1. The van der Waals surface area contributed by atoms with Gasteiger partial charge in [0.05, 0.1) is 0 Å². The summed E-state index contributed by atoms with van der Waals surface area (Å²) in [6.45, 7) is 4.33. The molecule has 4 heteroatoms. The molecule has 0 spiro atoms. The second-order valence-corrected chi connectivity index (χ2v) is 6.24. The van der Waals surface area contributed by atoms with E-state index >= 15 is 0 Å². The van der Waals surface area contributed by atoms with Crippen LogP contribution >= 0.6 is 0 Å². The van der Waals surface area contributed by atoms with Crippen LogP contribution < -0.4 is 4.90 Å². The van der Waals surface area contributed by atoms with Crippen LogP contribution in [0.2, 0.25) is 0 Å². The quantitative estimate of drug-likeness (QED) is 0.874. The number of hydrogen-bond donors (Lipinski definition) is 1. The maximum absolute atomic E-state index is 10.7. The number of carboxylic acid groups (broad SMARTS) is 1. The average molecular weight is 290 g/mol. The van der Waals surface area contributed by atoms with Crippen molar-refractivity contribution in [3.63, 3.8) is 0 Å². The number of rotatable bonds is 6. The van der Waals surface area contributed by atoms with Crippen molar-refractivity contribution in [3.05, 3.63) is 29.8 Å². The Morgan fingerprint density at radius 3 is 2.62 bits per heavy atom. The molecule has 1 saturated heterocycles. The van der Waals surface area contributed by atoms with Crippen LogP contribution in [0.1, 0.15) is 37.8 Å². The average Bonchev–Trinajstić information content (AvgIpc) is 2.93. The number of aliphatic carboxylic acids is 1. The zero-order chi connectivity index (χ0) is 15.4. The molecule has 2 atom stereocenters. The monoisotopic (exact) mass is 290 g/mol. The van der Waals surface area contributed by atoms with Crippen LogP contribution in [0.25, 0.3) is 0 Å². The van der Waals surface area contributed by atoms with E-state index in [2.05, 4.69) is 41.0 Å². The van der Waals surface area contributed by atoms with Crippen LogP contribution in [0.4, 0.5) is 5.69 Å². The molecular formula is C17H26N2O2. The zero-order valence-corrected chi connectivity index (χ0v) is 13.2. The summed E-state index contributed by atoms with van der Waals surface area (Å²) in [4.78, 5) is 15.2. The molecule has 0 aliphatic carbocycles. The minimum Gasteiger partial charge on any atom is -0.481 e. The molecule has 0 bridgehead atoms. The highest BCUT2D eigenvalue weighted by Crippen LogP contribution is 2.30.